The quantitative estimate of drug-likeness (QED) is 0.617. The van der Waals surface area contributed by atoms with Crippen LogP contribution in [0.5, 0.6) is 0 Å². The van der Waals surface area contributed by atoms with E-state index < -0.39 is 0 Å². The molecule has 24 heavy (non-hydrogen) atoms. The molecule has 1 aromatic carbocycles. The number of pyridine rings is 2. The number of hydrogen-bond acceptors (Lipinski definition) is 3. The highest BCUT2D eigenvalue weighted by Gasteiger charge is 2.26. The van der Waals surface area contributed by atoms with Crippen LogP contribution in [0.3, 0.4) is 0 Å². The first kappa shape index (κ1) is 13.5. The molecule has 1 saturated carbocycles. The maximum Gasteiger partial charge on any atom is 0.255 e. The van der Waals surface area contributed by atoms with Gasteiger partial charge in [-0.2, -0.15) is 0 Å². The number of carbonyl (C=O) groups is 1. The van der Waals surface area contributed by atoms with Crippen LogP contribution in [0.1, 0.15) is 28.9 Å². The van der Waals surface area contributed by atoms with Crippen LogP contribution in [0.2, 0.25) is 0 Å². The standard InChI is InChI=1S/C19H16N4O/c1-11-6-7-12-10-14(19(24)21-13-8-9-13)18-22-15-4-2-3-5-16(15)23(18)17(12)20-11/h2-7,10,13H,8-9H2,1H3,(H,21,24). The van der Waals surface area contributed by atoms with Gasteiger partial charge in [0, 0.05) is 17.1 Å². The number of nitrogens with zero attached hydrogens (tertiary/aromatic N) is 3. The summed E-state index contributed by atoms with van der Waals surface area (Å²) in [5, 5.41) is 4.01. The minimum absolute atomic E-state index is 0.0553. The van der Waals surface area contributed by atoms with Gasteiger partial charge in [-0.05, 0) is 50.1 Å². The number of aromatic nitrogens is 3. The summed E-state index contributed by atoms with van der Waals surface area (Å²) in [6, 6.07) is 14.1. The van der Waals surface area contributed by atoms with E-state index in [9.17, 15) is 4.79 Å². The molecular formula is C19H16N4O. The fourth-order valence-electron chi connectivity index (χ4n) is 3.14. The van der Waals surface area contributed by atoms with Crippen LogP contribution in [0.25, 0.3) is 27.7 Å². The zero-order valence-corrected chi connectivity index (χ0v) is 13.3. The van der Waals surface area contributed by atoms with Gasteiger partial charge in [-0.1, -0.05) is 12.1 Å². The average molecular weight is 316 g/mol. The Bertz CT molecular complexity index is 1120. The summed E-state index contributed by atoms with van der Waals surface area (Å²) in [5.41, 5.74) is 4.89. The van der Waals surface area contributed by atoms with Gasteiger partial charge < -0.3 is 5.32 Å². The molecule has 5 rings (SSSR count). The molecule has 0 spiro atoms. The zero-order chi connectivity index (χ0) is 16.3. The van der Waals surface area contributed by atoms with E-state index in [0.29, 0.717) is 17.3 Å². The molecule has 5 nitrogen and oxygen atoms in total. The molecule has 0 unspecified atom stereocenters. The van der Waals surface area contributed by atoms with Gasteiger partial charge in [-0.25, -0.2) is 9.97 Å². The minimum atomic E-state index is -0.0553. The van der Waals surface area contributed by atoms with Crippen molar-refractivity contribution in [3.63, 3.8) is 0 Å². The van der Waals surface area contributed by atoms with Crippen molar-refractivity contribution in [3.8, 4) is 0 Å². The van der Waals surface area contributed by atoms with E-state index in [1.54, 1.807) is 0 Å². The summed E-state index contributed by atoms with van der Waals surface area (Å²) in [6.07, 6.45) is 2.12. The number of benzene rings is 1. The molecule has 1 amide bonds. The molecular weight excluding hydrogens is 300 g/mol. The molecule has 0 atom stereocenters. The number of imidazole rings is 1. The molecule has 0 radical (unpaired) electrons. The third kappa shape index (κ3) is 1.98. The molecule has 0 bridgehead atoms. The van der Waals surface area contributed by atoms with Crippen LogP contribution in [-0.2, 0) is 0 Å². The summed E-state index contributed by atoms with van der Waals surface area (Å²) in [5.74, 6) is -0.0553. The van der Waals surface area contributed by atoms with Gasteiger partial charge in [0.25, 0.3) is 5.91 Å². The van der Waals surface area contributed by atoms with E-state index in [4.69, 9.17) is 9.97 Å². The largest absolute Gasteiger partial charge is 0.349 e. The molecule has 5 heteroatoms. The number of para-hydroxylation sites is 2. The monoisotopic (exact) mass is 316 g/mol. The average Bonchev–Trinajstić information content (AvgIpc) is 3.30. The molecule has 118 valence electrons. The number of rotatable bonds is 2. The summed E-state index contributed by atoms with van der Waals surface area (Å²) in [6.45, 7) is 1.97. The SMILES string of the molecule is Cc1ccc2cc(C(=O)NC3CC3)c3nc4ccccc4n3c2n1. The number of aryl methyl sites for hydroxylation is 1. The van der Waals surface area contributed by atoms with Crippen LogP contribution in [-0.4, -0.2) is 26.3 Å². The highest BCUT2D eigenvalue weighted by atomic mass is 16.1. The molecule has 0 aliphatic heterocycles. The first-order chi connectivity index (χ1) is 11.7. The number of hydrogen-bond donors (Lipinski definition) is 1. The van der Waals surface area contributed by atoms with Crippen molar-refractivity contribution in [2.24, 2.45) is 0 Å². The fraction of sp³-hybridized carbons (Fsp3) is 0.211. The van der Waals surface area contributed by atoms with E-state index in [-0.39, 0.29) is 5.91 Å². The van der Waals surface area contributed by atoms with Crippen molar-refractivity contribution < 1.29 is 4.79 Å². The maximum absolute atomic E-state index is 12.7. The van der Waals surface area contributed by atoms with E-state index in [0.717, 1.165) is 40.6 Å². The van der Waals surface area contributed by atoms with Crippen molar-refractivity contribution in [2.75, 3.05) is 0 Å². The van der Waals surface area contributed by atoms with Gasteiger partial charge in [0.1, 0.15) is 5.65 Å². The smallest absolute Gasteiger partial charge is 0.255 e. The van der Waals surface area contributed by atoms with Gasteiger partial charge >= 0.3 is 0 Å². The van der Waals surface area contributed by atoms with Crippen molar-refractivity contribution in [2.45, 2.75) is 25.8 Å². The second-order valence-corrected chi connectivity index (χ2v) is 6.43. The zero-order valence-electron chi connectivity index (χ0n) is 13.3. The molecule has 1 aliphatic carbocycles. The third-order valence-corrected chi connectivity index (χ3v) is 4.52. The Balaban J connectivity index is 1.90. The van der Waals surface area contributed by atoms with Crippen molar-refractivity contribution in [1.82, 2.24) is 19.7 Å². The highest BCUT2D eigenvalue weighted by Crippen LogP contribution is 2.26. The number of carbonyl (C=O) groups excluding carboxylic acids is 1. The lowest BCUT2D eigenvalue weighted by Gasteiger charge is -2.09. The molecule has 3 heterocycles. The Morgan fingerprint density at radius 1 is 1.12 bits per heavy atom. The van der Waals surface area contributed by atoms with Crippen LogP contribution in [0.4, 0.5) is 0 Å². The van der Waals surface area contributed by atoms with Crippen LogP contribution in [0, 0.1) is 6.92 Å². The Kier molecular flexibility index (Phi) is 2.68. The molecule has 0 saturated heterocycles. The van der Waals surface area contributed by atoms with E-state index in [2.05, 4.69) is 5.32 Å². The summed E-state index contributed by atoms with van der Waals surface area (Å²) >= 11 is 0. The van der Waals surface area contributed by atoms with E-state index >= 15 is 0 Å². The summed E-state index contributed by atoms with van der Waals surface area (Å²) in [7, 11) is 0. The van der Waals surface area contributed by atoms with E-state index in [1.165, 1.54) is 0 Å². The highest BCUT2D eigenvalue weighted by molar-refractivity contribution is 6.05. The lowest BCUT2D eigenvalue weighted by molar-refractivity contribution is 0.0952. The Morgan fingerprint density at radius 2 is 1.96 bits per heavy atom. The predicted molar refractivity (Wildman–Crippen MR) is 93.2 cm³/mol. The van der Waals surface area contributed by atoms with Crippen LogP contribution < -0.4 is 5.32 Å². The lowest BCUT2D eigenvalue weighted by atomic mass is 10.1. The number of amides is 1. The van der Waals surface area contributed by atoms with E-state index in [1.807, 2.05) is 53.8 Å². The van der Waals surface area contributed by atoms with Crippen molar-refractivity contribution in [1.29, 1.82) is 0 Å². The van der Waals surface area contributed by atoms with Gasteiger partial charge in [0.05, 0.1) is 16.6 Å². The number of fused-ring (bicyclic) bond motifs is 5. The number of nitrogens with one attached hydrogen (secondary N) is 1. The summed E-state index contributed by atoms with van der Waals surface area (Å²) in [4.78, 5) is 22.1. The third-order valence-electron chi connectivity index (χ3n) is 4.52. The van der Waals surface area contributed by atoms with Gasteiger partial charge in [-0.3, -0.25) is 9.20 Å². The Labute approximate surface area is 138 Å². The fourth-order valence-corrected chi connectivity index (χ4v) is 3.14. The second kappa shape index (κ2) is 4.77. The molecule has 3 aromatic heterocycles. The Hall–Kier alpha value is -2.95. The van der Waals surface area contributed by atoms with Crippen molar-refractivity contribution >= 4 is 33.6 Å². The normalized spacial score (nSPS) is 14.5. The van der Waals surface area contributed by atoms with Gasteiger partial charge in [0.2, 0.25) is 0 Å². The molecule has 1 N–H and O–H groups in total. The Morgan fingerprint density at radius 3 is 2.79 bits per heavy atom. The summed E-state index contributed by atoms with van der Waals surface area (Å²) < 4.78 is 2.00. The van der Waals surface area contributed by atoms with Crippen LogP contribution >= 0.6 is 0 Å². The first-order valence-corrected chi connectivity index (χ1v) is 8.19. The first-order valence-electron chi connectivity index (χ1n) is 8.19. The topological polar surface area (TPSA) is 59.3 Å². The molecule has 1 fully saturated rings. The van der Waals surface area contributed by atoms with Gasteiger partial charge in [0.15, 0.2) is 5.65 Å². The van der Waals surface area contributed by atoms with Gasteiger partial charge in [-0.15, -0.1) is 0 Å². The molecule has 4 aromatic rings. The van der Waals surface area contributed by atoms with Crippen LogP contribution in [0.15, 0.2) is 42.5 Å². The minimum Gasteiger partial charge on any atom is -0.349 e. The predicted octanol–water partition coefficient (Wildman–Crippen LogP) is 3.24. The van der Waals surface area contributed by atoms with Crippen molar-refractivity contribution in [3.05, 3.63) is 53.7 Å². The second-order valence-electron chi connectivity index (χ2n) is 6.43. The maximum atomic E-state index is 12.7. The lowest BCUT2D eigenvalue weighted by Crippen LogP contribution is -2.26. The molecule has 1 aliphatic rings.